The van der Waals surface area contributed by atoms with Crippen LogP contribution in [-0.4, -0.2) is 48.5 Å². The Bertz CT molecular complexity index is 855. The molecule has 2 aromatic carbocycles. The molecule has 0 unspecified atom stereocenters. The third kappa shape index (κ3) is 5.17. The largest absolute Gasteiger partial charge is 0.363 e. The van der Waals surface area contributed by atoms with Crippen molar-refractivity contribution in [3.05, 3.63) is 63.4 Å². The molecule has 2 aromatic rings. The molecule has 1 fully saturated rings. The summed E-state index contributed by atoms with van der Waals surface area (Å²) in [4.78, 5) is 27.0. The highest BCUT2D eigenvalue weighted by Crippen LogP contribution is 2.31. The lowest BCUT2D eigenvalue weighted by Gasteiger charge is -2.35. The Kier molecular flexibility index (Phi) is 6.43. The number of carbonyl (C=O) groups is 1. The van der Waals surface area contributed by atoms with E-state index in [9.17, 15) is 19.3 Å². The molecule has 0 atom stereocenters. The topological polar surface area (TPSA) is 78.7 Å². The van der Waals surface area contributed by atoms with Gasteiger partial charge in [-0.25, -0.2) is 4.39 Å². The fraction of sp³-hybridized carbons (Fsp3) is 0.316. The maximum absolute atomic E-state index is 12.9. The zero-order valence-corrected chi connectivity index (χ0v) is 15.9. The van der Waals surface area contributed by atoms with Crippen molar-refractivity contribution in [2.45, 2.75) is 6.42 Å². The molecule has 1 heterocycles. The van der Waals surface area contributed by atoms with Crippen molar-refractivity contribution >= 4 is 34.6 Å². The summed E-state index contributed by atoms with van der Waals surface area (Å²) in [7, 11) is 0. The number of anilines is 2. The highest BCUT2D eigenvalue weighted by molar-refractivity contribution is 6.30. The Morgan fingerprint density at radius 1 is 1.14 bits per heavy atom. The SMILES string of the molecule is O=C(CCN1CCN(c2ccc(Cl)cc2[N+](=O)[O-])CC1)Nc1ccc(F)cc1. The third-order valence-corrected chi connectivity index (χ3v) is 4.87. The summed E-state index contributed by atoms with van der Waals surface area (Å²) in [6, 6.07) is 10.3. The number of nitrogens with one attached hydrogen (secondary N) is 1. The number of rotatable bonds is 6. The molecule has 0 aliphatic carbocycles. The maximum Gasteiger partial charge on any atom is 0.294 e. The number of nitro benzene ring substituents is 1. The highest BCUT2D eigenvalue weighted by atomic mass is 35.5. The molecule has 3 rings (SSSR count). The van der Waals surface area contributed by atoms with Gasteiger partial charge in [0.25, 0.3) is 5.69 Å². The lowest BCUT2D eigenvalue weighted by atomic mass is 10.2. The quantitative estimate of drug-likeness (QED) is 0.586. The van der Waals surface area contributed by atoms with Gasteiger partial charge in [-0.1, -0.05) is 11.6 Å². The van der Waals surface area contributed by atoms with E-state index in [1.165, 1.54) is 30.3 Å². The van der Waals surface area contributed by atoms with Gasteiger partial charge in [0.05, 0.1) is 4.92 Å². The van der Waals surface area contributed by atoms with Crippen LogP contribution in [0.2, 0.25) is 5.02 Å². The Balaban J connectivity index is 1.49. The monoisotopic (exact) mass is 406 g/mol. The number of carbonyl (C=O) groups excluding carboxylic acids is 1. The standard InChI is InChI=1S/C19H20ClFN4O3/c20-14-1-6-17(18(13-14)25(27)28)24-11-9-23(10-12-24)8-7-19(26)22-16-4-2-15(21)3-5-16/h1-6,13H,7-12H2,(H,22,26). The summed E-state index contributed by atoms with van der Waals surface area (Å²) < 4.78 is 12.9. The number of halogens is 2. The molecule has 0 aromatic heterocycles. The van der Waals surface area contributed by atoms with Crippen LogP contribution < -0.4 is 10.2 Å². The van der Waals surface area contributed by atoms with Crippen LogP contribution in [-0.2, 0) is 4.79 Å². The van der Waals surface area contributed by atoms with E-state index in [1.54, 1.807) is 12.1 Å². The molecule has 9 heteroatoms. The van der Waals surface area contributed by atoms with Gasteiger partial charge < -0.3 is 10.2 Å². The third-order valence-electron chi connectivity index (χ3n) is 4.63. The van der Waals surface area contributed by atoms with Gasteiger partial charge in [0.15, 0.2) is 0 Å². The number of benzene rings is 2. The molecule has 0 radical (unpaired) electrons. The first-order valence-electron chi connectivity index (χ1n) is 8.89. The van der Waals surface area contributed by atoms with Crippen molar-refractivity contribution in [1.29, 1.82) is 0 Å². The molecule has 28 heavy (non-hydrogen) atoms. The van der Waals surface area contributed by atoms with Gasteiger partial charge in [0.2, 0.25) is 5.91 Å². The maximum atomic E-state index is 12.9. The van der Waals surface area contributed by atoms with E-state index in [1.807, 2.05) is 4.90 Å². The van der Waals surface area contributed by atoms with Crippen molar-refractivity contribution in [3.8, 4) is 0 Å². The molecule has 1 aliphatic rings. The van der Waals surface area contributed by atoms with E-state index in [-0.39, 0.29) is 17.4 Å². The number of amides is 1. The van der Waals surface area contributed by atoms with Gasteiger partial charge in [-0.05, 0) is 36.4 Å². The molecule has 0 bridgehead atoms. The summed E-state index contributed by atoms with van der Waals surface area (Å²) in [5, 5.41) is 14.3. The minimum atomic E-state index is -0.423. The molecular weight excluding hydrogens is 387 g/mol. The fourth-order valence-electron chi connectivity index (χ4n) is 3.14. The fourth-order valence-corrected chi connectivity index (χ4v) is 3.31. The number of nitrogens with zero attached hydrogens (tertiary/aromatic N) is 3. The van der Waals surface area contributed by atoms with Gasteiger partial charge >= 0.3 is 0 Å². The van der Waals surface area contributed by atoms with E-state index in [0.717, 1.165) is 0 Å². The van der Waals surface area contributed by atoms with Crippen LogP contribution in [0.25, 0.3) is 0 Å². The van der Waals surface area contributed by atoms with Gasteiger partial charge in [0.1, 0.15) is 11.5 Å². The second-order valence-electron chi connectivity index (χ2n) is 6.52. The van der Waals surface area contributed by atoms with Crippen LogP contribution in [0.1, 0.15) is 6.42 Å². The van der Waals surface area contributed by atoms with Gasteiger partial charge in [0, 0.05) is 55.9 Å². The number of nitro groups is 1. The van der Waals surface area contributed by atoms with E-state index in [4.69, 9.17) is 11.6 Å². The summed E-state index contributed by atoms with van der Waals surface area (Å²) in [6.45, 7) is 3.24. The van der Waals surface area contributed by atoms with Gasteiger partial charge in [-0.2, -0.15) is 0 Å². The molecule has 1 aliphatic heterocycles. The molecule has 148 valence electrons. The van der Waals surface area contributed by atoms with Gasteiger partial charge in [-0.15, -0.1) is 0 Å². The smallest absolute Gasteiger partial charge is 0.294 e. The highest BCUT2D eigenvalue weighted by Gasteiger charge is 2.24. The van der Waals surface area contributed by atoms with E-state index in [2.05, 4.69) is 10.2 Å². The van der Waals surface area contributed by atoms with Crippen LogP contribution in [0.15, 0.2) is 42.5 Å². The predicted octanol–water partition coefficient (Wildman–Crippen LogP) is 3.54. The lowest BCUT2D eigenvalue weighted by molar-refractivity contribution is -0.384. The minimum Gasteiger partial charge on any atom is -0.363 e. The molecule has 7 nitrogen and oxygen atoms in total. The van der Waals surface area contributed by atoms with E-state index in [0.29, 0.717) is 55.5 Å². The number of hydrogen-bond acceptors (Lipinski definition) is 5. The van der Waals surface area contributed by atoms with E-state index < -0.39 is 4.92 Å². The summed E-state index contributed by atoms with van der Waals surface area (Å²) in [5.74, 6) is -0.487. The van der Waals surface area contributed by atoms with E-state index >= 15 is 0 Å². The van der Waals surface area contributed by atoms with Crippen molar-refractivity contribution in [2.24, 2.45) is 0 Å². The van der Waals surface area contributed by atoms with Crippen molar-refractivity contribution in [2.75, 3.05) is 42.9 Å². The van der Waals surface area contributed by atoms with Crippen LogP contribution in [0.3, 0.4) is 0 Å². The molecular formula is C19H20ClFN4O3. The summed E-state index contributed by atoms with van der Waals surface area (Å²) in [6.07, 6.45) is 0.318. The number of hydrogen-bond donors (Lipinski definition) is 1. The molecule has 0 spiro atoms. The molecule has 0 saturated carbocycles. The Morgan fingerprint density at radius 2 is 1.82 bits per heavy atom. The summed E-state index contributed by atoms with van der Waals surface area (Å²) >= 11 is 5.87. The lowest BCUT2D eigenvalue weighted by Crippen LogP contribution is -2.47. The predicted molar refractivity (Wildman–Crippen MR) is 106 cm³/mol. The average Bonchev–Trinajstić information content (AvgIpc) is 2.68. The van der Waals surface area contributed by atoms with Crippen molar-refractivity contribution in [3.63, 3.8) is 0 Å². The average molecular weight is 407 g/mol. The Labute approximate surface area is 166 Å². The normalized spacial score (nSPS) is 14.7. The Morgan fingerprint density at radius 3 is 2.46 bits per heavy atom. The second-order valence-corrected chi connectivity index (χ2v) is 6.96. The summed E-state index contributed by atoms with van der Waals surface area (Å²) in [5.41, 5.74) is 1.12. The second kappa shape index (κ2) is 8.99. The molecule has 1 saturated heterocycles. The first-order valence-corrected chi connectivity index (χ1v) is 9.27. The van der Waals surface area contributed by atoms with Crippen molar-refractivity contribution in [1.82, 2.24) is 4.90 Å². The van der Waals surface area contributed by atoms with Crippen LogP contribution in [0, 0.1) is 15.9 Å². The van der Waals surface area contributed by atoms with Crippen LogP contribution in [0.4, 0.5) is 21.5 Å². The zero-order chi connectivity index (χ0) is 20.1. The zero-order valence-electron chi connectivity index (χ0n) is 15.1. The Hall–Kier alpha value is -2.71. The van der Waals surface area contributed by atoms with Crippen LogP contribution in [0.5, 0.6) is 0 Å². The van der Waals surface area contributed by atoms with Gasteiger partial charge in [-0.3, -0.25) is 19.8 Å². The first kappa shape index (κ1) is 20.0. The molecule has 1 amide bonds. The molecule has 1 N–H and O–H groups in total. The first-order chi connectivity index (χ1) is 13.4. The van der Waals surface area contributed by atoms with Crippen molar-refractivity contribution < 1.29 is 14.1 Å². The van der Waals surface area contributed by atoms with Crippen LogP contribution >= 0.6 is 11.6 Å². The minimum absolute atomic E-state index is 0.000347. The number of piperazine rings is 1.